The first-order chi connectivity index (χ1) is 9.70. The minimum absolute atomic E-state index is 0.322. The summed E-state index contributed by atoms with van der Waals surface area (Å²) in [6, 6.07) is 7.06. The molecule has 1 heterocycles. The van der Waals surface area contributed by atoms with E-state index in [0.717, 1.165) is 18.8 Å². The first kappa shape index (κ1) is 15.5. The van der Waals surface area contributed by atoms with E-state index in [2.05, 4.69) is 6.92 Å². The highest BCUT2D eigenvalue weighted by Gasteiger charge is 2.23. The summed E-state index contributed by atoms with van der Waals surface area (Å²) in [7, 11) is 0. The lowest BCUT2D eigenvalue weighted by molar-refractivity contribution is -0.206. The van der Waals surface area contributed by atoms with E-state index in [0.29, 0.717) is 11.5 Å². The van der Waals surface area contributed by atoms with Crippen LogP contribution in [0.15, 0.2) is 24.3 Å². The van der Waals surface area contributed by atoms with Crippen molar-refractivity contribution in [3.8, 4) is 0 Å². The molecule has 1 fully saturated rings. The van der Waals surface area contributed by atoms with Gasteiger partial charge in [-0.05, 0) is 30.2 Å². The molecule has 1 aromatic carbocycles. The summed E-state index contributed by atoms with van der Waals surface area (Å²) >= 11 is 5.42. The van der Waals surface area contributed by atoms with Crippen molar-refractivity contribution in [3.05, 3.63) is 35.4 Å². The maximum Gasteiger partial charge on any atom is 0.252 e. The zero-order valence-corrected chi connectivity index (χ0v) is 12.6. The average molecular weight is 297 g/mol. The van der Waals surface area contributed by atoms with Crippen LogP contribution in [0.1, 0.15) is 54.8 Å². The number of unbranched alkanes of at least 4 members (excludes halogenated alkanes) is 2. The number of halogens is 1. The van der Waals surface area contributed by atoms with Gasteiger partial charge in [0.1, 0.15) is 0 Å². The molecule has 0 amide bonds. The van der Waals surface area contributed by atoms with Gasteiger partial charge in [-0.15, -0.1) is 0 Å². The van der Waals surface area contributed by atoms with Gasteiger partial charge in [0.2, 0.25) is 0 Å². The molecule has 3 nitrogen and oxygen atoms in total. The number of ether oxygens (including phenoxy) is 2. The summed E-state index contributed by atoms with van der Waals surface area (Å²) in [5, 5.41) is -0.446. The summed E-state index contributed by atoms with van der Waals surface area (Å²) in [6.45, 7) is 3.69. The van der Waals surface area contributed by atoms with E-state index < -0.39 is 5.24 Å². The van der Waals surface area contributed by atoms with Crippen molar-refractivity contribution in [1.29, 1.82) is 0 Å². The molecule has 0 atom stereocenters. The quantitative estimate of drug-likeness (QED) is 0.580. The number of hydrogen-bond donors (Lipinski definition) is 0. The summed E-state index contributed by atoms with van der Waals surface area (Å²) in [4.78, 5) is 11.0. The second-order valence-corrected chi connectivity index (χ2v) is 5.60. The van der Waals surface area contributed by atoms with Crippen molar-refractivity contribution in [1.82, 2.24) is 0 Å². The monoisotopic (exact) mass is 296 g/mol. The standard InChI is InChI=1S/C16H21ClO3/c1-2-3-4-5-12-10-19-16(20-11-12)14-8-6-13(7-9-14)15(17)18/h6-9,12,16H,2-5,10-11H2,1H3/t12-,16-. The molecule has 0 spiro atoms. The first-order valence-corrected chi connectivity index (χ1v) is 7.61. The van der Waals surface area contributed by atoms with E-state index in [1.165, 1.54) is 25.7 Å². The highest BCUT2D eigenvalue weighted by Crippen LogP contribution is 2.27. The molecule has 1 saturated heterocycles. The number of carbonyl (C=O) groups is 1. The van der Waals surface area contributed by atoms with Crippen molar-refractivity contribution in [2.24, 2.45) is 5.92 Å². The minimum Gasteiger partial charge on any atom is -0.348 e. The van der Waals surface area contributed by atoms with Crippen LogP contribution in [-0.2, 0) is 9.47 Å². The van der Waals surface area contributed by atoms with Crippen LogP contribution >= 0.6 is 11.6 Å². The summed E-state index contributed by atoms with van der Waals surface area (Å²) < 4.78 is 11.5. The van der Waals surface area contributed by atoms with Crippen LogP contribution in [0, 0.1) is 5.92 Å². The zero-order chi connectivity index (χ0) is 14.4. The number of hydrogen-bond acceptors (Lipinski definition) is 3. The van der Waals surface area contributed by atoms with Crippen molar-refractivity contribution >= 4 is 16.8 Å². The van der Waals surface area contributed by atoms with Gasteiger partial charge < -0.3 is 9.47 Å². The summed E-state index contributed by atoms with van der Waals surface area (Å²) in [6.07, 6.45) is 4.60. The Morgan fingerprint density at radius 2 is 1.85 bits per heavy atom. The van der Waals surface area contributed by atoms with Crippen molar-refractivity contribution in [2.75, 3.05) is 13.2 Å². The van der Waals surface area contributed by atoms with Gasteiger partial charge in [-0.1, -0.05) is 38.3 Å². The van der Waals surface area contributed by atoms with Gasteiger partial charge in [0.15, 0.2) is 6.29 Å². The average Bonchev–Trinajstić information content (AvgIpc) is 2.48. The van der Waals surface area contributed by atoms with Crippen LogP contribution in [0.25, 0.3) is 0 Å². The Bertz CT molecular complexity index is 422. The Labute approximate surface area is 125 Å². The van der Waals surface area contributed by atoms with Crippen molar-refractivity contribution in [3.63, 3.8) is 0 Å². The number of rotatable bonds is 6. The van der Waals surface area contributed by atoms with Gasteiger partial charge in [-0.2, -0.15) is 0 Å². The first-order valence-electron chi connectivity index (χ1n) is 7.23. The van der Waals surface area contributed by atoms with E-state index >= 15 is 0 Å². The van der Waals surface area contributed by atoms with Gasteiger partial charge >= 0.3 is 0 Å². The molecule has 2 rings (SSSR count). The molecule has 1 aromatic rings. The van der Waals surface area contributed by atoms with Crippen LogP contribution in [0.3, 0.4) is 0 Å². The smallest absolute Gasteiger partial charge is 0.252 e. The Kier molecular flexibility index (Phi) is 6.02. The van der Waals surface area contributed by atoms with Gasteiger partial charge in [0.05, 0.1) is 13.2 Å². The lowest BCUT2D eigenvalue weighted by atomic mass is 10.0. The molecule has 110 valence electrons. The van der Waals surface area contributed by atoms with Crippen LogP contribution in [0.5, 0.6) is 0 Å². The van der Waals surface area contributed by atoms with E-state index in [1.807, 2.05) is 12.1 Å². The van der Waals surface area contributed by atoms with Crippen LogP contribution in [0.2, 0.25) is 0 Å². The largest absolute Gasteiger partial charge is 0.348 e. The van der Waals surface area contributed by atoms with E-state index in [-0.39, 0.29) is 6.29 Å². The third-order valence-electron chi connectivity index (χ3n) is 3.59. The predicted octanol–water partition coefficient (Wildman–Crippen LogP) is 4.31. The molecule has 0 radical (unpaired) electrons. The SMILES string of the molecule is CCCCC[C@H]1CO[C@H](c2ccc(C(=O)Cl)cc2)OC1. The summed E-state index contributed by atoms with van der Waals surface area (Å²) in [5.41, 5.74) is 1.42. The molecule has 1 aliphatic rings. The summed E-state index contributed by atoms with van der Waals surface area (Å²) in [5.74, 6) is 0.501. The van der Waals surface area contributed by atoms with Crippen molar-refractivity contribution in [2.45, 2.75) is 38.9 Å². The highest BCUT2D eigenvalue weighted by atomic mass is 35.5. The number of carbonyl (C=O) groups excluding carboxylic acids is 1. The fourth-order valence-electron chi connectivity index (χ4n) is 2.36. The second-order valence-electron chi connectivity index (χ2n) is 5.26. The topological polar surface area (TPSA) is 35.5 Å². The third-order valence-corrected chi connectivity index (χ3v) is 3.81. The molecular weight excluding hydrogens is 276 g/mol. The van der Waals surface area contributed by atoms with Crippen molar-refractivity contribution < 1.29 is 14.3 Å². The highest BCUT2D eigenvalue weighted by molar-refractivity contribution is 6.67. The molecule has 0 N–H and O–H groups in total. The minimum atomic E-state index is -0.446. The molecule has 20 heavy (non-hydrogen) atoms. The maximum atomic E-state index is 11.0. The number of benzene rings is 1. The fourth-order valence-corrected chi connectivity index (χ4v) is 2.48. The Morgan fingerprint density at radius 3 is 2.40 bits per heavy atom. The van der Waals surface area contributed by atoms with Gasteiger partial charge in [0, 0.05) is 17.0 Å². The second kappa shape index (κ2) is 7.77. The third kappa shape index (κ3) is 4.30. The molecule has 0 saturated carbocycles. The molecule has 4 heteroatoms. The molecule has 0 aromatic heterocycles. The lowest BCUT2D eigenvalue weighted by Gasteiger charge is -2.29. The van der Waals surface area contributed by atoms with E-state index in [1.54, 1.807) is 12.1 Å². The van der Waals surface area contributed by atoms with Crippen LogP contribution in [0.4, 0.5) is 0 Å². The van der Waals surface area contributed by atoms with E-state index in [9.17, 15) is 4.79 Å². The van der Waals surface area contributed by atoms with Crippen LogP contribution < -0.4 is 0 Å². The molecule has 0 aliphatic carbocycles. The van der Waals surface area contributed by atoms with Crippen LogP contribution in [-0.4, -0.2) is 18.5 Å². The Morgan fingerprint density at radius 1 is 1.20 bits per heavy atom. The molecule has 0 bridgehead atoms. The molecule has 0 unspecified atom stereocenters. The van der Waals surface area contributed by atoms with E-state index in [4.69, 9.17) is 21.1 Å². The maximum absolute atomic E-state index is 11.0. The predicted molar refractivity (Wildman–Crippen MR) is 78.9 cm³/mol. The Hall–Kier alpha value is -0.900. The fraction of sp³-hybridized carbons (Fsp3) is 0.562. The lowest BCUT2D eigenvalue weighted by Crippen LogP contribution is -2.27. The van der Waals surface area contributed by atoms with Gasteiger partial charge in [0.25, 0.3) is 5.24 Å². The molecule has 1 aliphatic heterocycles. The Balaban J connectivity index is 1.82. The molecular formula is C16H21ClO3. The van der Waals surface area contributed by atoms with Gasteiger partial charge in [-0.25, -0.2) is 0 Å². The van der Waals surface area contributed by atoms with Gasteiger partial charge in [-0.3, -0.25) is 4.79 Å². The zero-order valence-electron chi connectivity index (χ0n) is 11.8. The normalized spacial score (nSPS) is 22.7.